The lowest BCUT2D eigenvalue weighted by Crippen LogP contribution is -2.41. The van der Waals surface area contributed by atoms with Crippen LogP contribution in [0.1, 0.15) is 253 Å². The van der Waals surface area contributed by atoms with Crippen molar-refractivity contribution < 1.29 is 23.9 Å². The number of unbranched alkanes of at least 4 members (excludes halogenated alkanes) is 20. The Kier molecular flexibility index (Phi) is 57.5. The van der Waals surface area contributed by atoms with Crippen LogP contribution in [0.25, 0.3) is 0 Å². The first-order valence-electron chi connectivity index (χ1n) is 25.7. The van der Waals surface area contributed by atoms with E-state index in [2.05, 4.69) is 44.8 Å². The second-order valence-corrected chi connectivity index (χ2v) is 17.6. The first-order chi connectivity index (χ1) is 28.8. The SMILES string of the molecule is CCCCCC(CC=O)CCCCC.CCCCCC(CC=O)CCCCC.CCN(C)CC(=O)NC(CCCCCCCCCOC)CCCCCCCCCOC. The van der Waals surface area contributed by atoms with Gasteiger partial charge in [-0.1, -0.05) is 214 Å². The Hall–Kier alpha value is -1.31. The predicted octanol–water partition coefficient (Wildman–Crippen LogP) is 14.7. The summed E-state index contributed by atoms with van der Waals surface area (Å²) in [4.78, 5) is 35.4. The highest BCUT2D eigenvalue weighted by Crippen LogP contribution is 2.21. The first kappa shape index (κ1) is 62.0. The minimum absolute atomic E-state index is 0.186. The fraction of sp³-hybridized carbons (Fsp3) is 0.942. The van der Waals surface area contributed by atoms with Crippen molar-refractivity contribution >= 4 is 18.5 Å². The molecule has 1 N–H and O–H groups in total. The number of aldehydes is 2. The molecule has 0 aromatic carbocycles. The van der Waals surface area contributed by atoms with Crippen molar-refractivity contribution in [2.45, 2.75) is 259 Å². The van der Waals surface area contributed by atoms with Crippen molar-refractivity contribution in [2.75, 3.05) is 47.6 Å². The second-order valence-electron chi connectivity index (χ2n) is 17.6. The zero-order valence-corrected chi connectivity index (χ0v) is 41.2. The minimum atomic E-state index is 0.186. The van der Waals surface area contributed by atoms with E-state index in [1.807, 2.05) is 7.05 Å². The van der Waals surface area contributed by atoms with E-state index >= 15 is 0 Å². The summed E-state index contributed by atoms with van der Waals surface area (Å²) in [6, 6.07) is 0.348. The highest BCUT2D eigenvalue weighted by molar-refractivity contribution is 5.78. The number of rotatable bonds is 44. The normalized spacial score (nSPS) is 11.2. The van der Waals surface area contributed by atoms with Gasteiger partial charge >= 0.3 is 0 Å². The largest absolute Gasteiger partial charge is 0.385 e. The first-order valence-corrected chi connectivity index (χ1v) is 25.7. The van der Waals surface area contributed by atoms with Gasteiger partial charge < -0.3 is 24.4 Å². The molecule has 0 saturated carbocycles. The van der Waals surface area contributed by atoms with E-state index in [1.165, 1.54) is 193 Å². The molecule has 0 heterocycles. The van der Waals surface area contributed by atoms with Crippen LogP contribution in [0, 0.1) is 11.8 Å². The van der Waals surface area contributed by atoms with E-state index < -0.39 is 0 Å². The van der Waals surface area contributed by atoms with Crippen LogP contribution in [0.4, 0.5) is 0 Å². The Labute approximate surface area is 369 Å². The maximum atomic E-state index is 12.4. The molecular formula is C52H106N2O5. The van der Waals surface area contributed by atoms with E-state index in [4.69, 9.17) is 9.47 Å². The minimum Gasteiger partial charge on any atom is -0.385 e. The summed E-state index contributed by atoms with van der Waals surface area (Å²) in [5.74, 6) is 1.53. The number of carbonyl (C=O) groups is 3. The van der Waals surface area contributed by atoms with Gasteiger partial charge in [0.1, 0.15) is 12.6 Å². The van der Waals surface area contributed by atoms with Crippen molar-refractivity contribution in [3.63, 3.8) is 0 Å². The molecule has 0 bridgehead atoms. The number of hydrogen-bond donors (Lipinski definition) is 1. The van der Waals surface area contributed by atoms with Gasteiger partial charge in [0.25, 0.3) is 0 Å². The highest BCUT2D eigenvalue weighted by Gasteiger charge is 2.13. The van der Waals surface area contributed by atoms with Crippen LogP contribution >= 0.6 is 0 Å². The molecule has 0 fully saturated rings. The lowest BCUT2D eigenvalue weighted by molar-refractivity contribution is -0.122. The van der Waals surface area contributed by atoms with Crippen LogP contribution in [-0.4, -0.2) is 77.0 Å². The quantitative estimate of drug-likeness (QED) is 0.0486. The van der Waals surface area contributed by atoms with Crippen molar-refractivity contribution in [1.82, 2.24) is 10.2 Å². The van der Waals surface area contributed by atoms with Crippen molar-refractivity contribution in [2.24, 2.45) is 11.8 Å². The molecule has 354 valence electrons. The Morgan fingerprint density at radius 2 is 0.780 bits per heavy atom. The van der Waals surface area contributed by atoms with Crippen LogP contribution in [0.5, 0.6) is 0 Å². The monoisotopic (exact) mass is 839 g/mol. The summed E-state index contributed by atoms with van der Waals surface area (Å²) in [5.41, 5.74) is 0. The van der Waals surface area contributed by atoms with Crippen molar-refractivity contribution in [1.29, 1.82) is 0 Å². The van der Waals surface area contributed by atoms with Crippen LogP contribution in [-0.2, 0) is 23.9 Å². The zero-order valence-electron chi connectivity index (χ0n) is 41.2. The lowest BCUT2D eigenvalue weighted by atomic mass is 9.93. The average molecular weight is 839 g/mol. The molecule has 0 rings (SSSR count). The molecule has 0 aliphatic carbocycles. The van der Waals surface area contributed by atoms with Crippen LogP contribution in [0.2, 0.25) is 0 Å². The van der Waals surface area contributed by atoms with Crippen molar-refractivity contribution in [3.8, 4) is 0 Å². The summed E-state index contributed by atoms with van der Waals surface area (Å²) >= 11 is 0. The molecule has 0 aliphatic heterocycles. The summed E-state index contributed by atoms with van der Waals surface area (Å²) in [7, 11) is 5.56. The molecule has 1 amide bonds. The molecule has 0 saturated heterocycles. The van der Waals surface area contributed by atoms with E-state index in [0.717, 1.165) is 58.0 Å². The van der Waals surface area contributed by atoms with Gasteiger partial charge in [-0.05, 0) is 51.1 Å². The Morgan fingerprint density at radius 1 is 0.475 bits per heavy atom. The molecular weight excluding hydrogens is 733 g/mol. The van der Waals surface area contributed by atoms with Gasteiger partial charge in [-0.3, -0.25) is 9.69 Å². The molecule has 0 unspecified atom stereocenters. The van der Waals surface area contributed by atoms with Crippen LogP contribution < -0.4 is 5.32 Å². The van der Waals surface area contributed by atoms with Crippen LogP contribution in [0.3, 0.4) is 0 Å². The third kappa shape index (κ3) is 52.8. The van der Waals surface area contributed by atoms with Gasteiger partial charge in [-0.15, -0.1) is 0 Å². The molecule has 7 heteroatoms. The second kappa shape index (κ2) is 54.7. The number of amides is 1. The third-order valence-electron chi connectivity index (χ3n) is 11.8. The average Bonchev–Trinajstić information content (AvgIpc) is 3.23. The number of nitrogens with one attached hydrogen (secondary N) is 1. The lowest BCUT2D eigenvalue weighted by Gasteiger charge is -2.21. The molecule has 0 aromatic rings. The number of nitrogens with zero attached hydrogens (tertiary/aromatic N) is 1. The topological polar surface area (TPSA) is 84.9 Å². The number of carbonyl (C=O) groups excluding carboxylic acids is 3. The summed E-state index contributed by atoms with van der Waals surface area (Å²) < 4.78 is 10.2. The van der Waals surface area contributed by atoms with E-state index in [9.17, 15) is 14.4 Å². The van der Waals surface area contributed by atoms with Gasteiger partial charge in [0, 0.05) is 46.3 Å². The third-order valence-corrected chi connectivity index (χ3v) is 11.8. The molecule has 0 aliphatic rings. The smallest absolute Gasteiger partial charge is 0.234 e. The highest BCUT2D eigenvalue weighted by atomic mass is 16.5. The van der Waals surface area contributed by atoms with Gasteiger partial charge in [-0.25, -0.2) is 0 Å². The van der Waals surface area contributed by atoms with Gasteiger partial charge in [0.05, 0.1) is 6.54 Å². The van der Waals surface area contributed by atoms with Crippen LogP contribution in [0.15, 0.2) is 0 Å². The molecule has 0 atom stereocenters. The van der Waals surface area contributed by atoms with Crippen molar-refractivity contribution in [3.05, 3.63) is 0 Å². The standard InChI is InChI=1S/C26H54N2O3.2C13H26O/c1-5-28(2)24-26(29)27-25(20-16-12-8-6-10-14-18-22-30-3)21-17-13-9-7-11-15-19-23-31-4;2*1-3-5-7-9-13(11-12-14)10-8-6-4-2/h25H,5-24H2,1-4H3,(H,27,29);2*12-13H,3-11H2,1-2H3. The zero-order chi connectivity index (χ0) is 44.3. The number of likely N-dealkylation sites (N-methyl/N-ethyl adjacent to an activating group) is 1. The van der Waals surface area contributed by atoms with E-state index in [1.54, 1.807) is 14.2 Å². The van der Waals surface area contributed by atoms with Gasteiger partial charge in [0.15, 0.2) is 0 Å². The number of ether oxygens (including phenoxy) is 2. The number of hydrogen-bond acceptors (Lipinski definition) is 6. The summed E-state index contributed by atoms with van der Waals surface area (Å²) in [6.45, 7) is 14.2. The van der Waals surface area contributed by atoms with E-state index in [-0.39, 0.29) is 5.91 Å². The summed E-state index contributed by atoms with van der Waals surface area (Å²) in [5, 5.41) is 3.32. The molecule has 7 nitrogen and oxygen atoms in total. The molecule has 0 spiro atoms. The molecule has 0 aromatic heterocycles. The molecule has 0 radical (unpaired) electrons. The Bertz CT molecular complexity index is 740. The molecule has 59 heavy (non-hydrogen) atoms. The van der Waals surface area contributed by atoms with Gasteiger partial charge in [-0.2, -0.15) is 0 Å². The fourth-order valence-corrected chi connectivity index (χ4v) is 7.73. The number of methoxy groups -OCH3 is 2. The predicted molar refractivity (Wildman–Crippen MR) is 258 cm³/mol. The van der Waals surface area contributed by atoms with Gasteiger partial charge in [0.2, 0.25) is 5.91 Å². The maximum Gasteiger partial charge on any atom is 0.234 e. The Balaban J connectivity index is -0.000000924. The fourth-order valence-electron chi connectivity index (χ4n) is 7.73. The Morgan fingerprint density at radius 3 is 1.07 bits per heavy atom. The maximum absolute atomic E-state index is 12.4. The van der Waals surface area contributed by atoms with E-state index in [0.29, 0.717) is 24.4 Å². The summed E-state index contributed by atoms with van der Waals surface area (Å²) in [6.07, 6.45) is 44.6.